The normalized spacial score (nSPS) is 23.1. The minimum atomic E-state index is -0.454. The molecule has 0 saturated carbocycles. The van der Waals surface area contributed by atoms with Crippen LogP contribution in [0.1, 0.15) is 5.56 Å². The van der Waals surface area contributed by atoms with Crippen molar-refractivity contribution in [3.8, 4) is 0 Å². The first kappa shape index (κ1) is 9.87. The summed E-state index contributed by atoms with van der Waals surface area (Å²) in [6, 6.07) is 7.75. The second-order valence-electron chi connectivity index (χ2n) is 3.98. The van der Waals surface area contributed by atoms with E-state index in [1.54, 1.807) is 17.8 Å². The summed E-state index contributed by atoms with van der Waals surface area (Å²) in [5.41, 5.74) is 7.82. The Morgan fingerprint density at radius 3 is 3.00 bits per heavy atom. The average Bonchev–Trinajstić information content (AvgIpc) is 2.32. The van der Waals surface area contributed by atoms with E-state index in [0.717, 1.165) is 16.9 Å². The second kappa shape index (κ2) is 3.61. The van der Waals surface area contributed by atoms with Gasteiger partial charge in [0, 0.05) is 21.8 Å². The van der Waals surface area contributed by atoms with Gasteiger partial charge in [0.1, 0.15) is 0 Å². The van der Waals surface area contributed by atoms with Crippen LogP contribution in [0.2, 0.25) is 0 Å². The highest BCUT2D eigenvalue weighted by Gasteiger charge is 2.27. The third-order valence-corrected chi connectivity index (χ3v) is 4.13. The summed E-state index contributed by atoms with van der Waals surface area (Å²) in [6.07, 6.45) is 4.47. The lowest BCUT2D eigenvalue weighted by Crippen LogP contribution is -2.33. The van der Waals surface area contributed by atoms with Gasteiger partial charge >= 0.3 is 0 Å². The Morgan fingerprint density at radius 2 is 2.12 bits per heavy atom. The van der Waals surface area contributed by atoms with Crippen molar-refractivity contribution in [2.45, 2.75) is 17.4 Å². The van der Waals surface area contributed by atoms with E-state index in [-0.39, 0.29) is 5.78 Å². The van der Waals surface area contributed by atoms with Crippen molar-refractivity contribution < 1.29 is 4.79 Å². The fourth-order valence-electron chi connectivity index (χ4n) is 2.03. The number of carbonyl (C=O) groups is 1. The fourth-order valence-corrected chi connectivity index (χ4v) is 3.13. The zero-order chi connectivity index (χ0) is 11.1. The highest BCUT2D eigenvalue weighted by molar-refractivity contribution is 8.03. The maximum atomic E-state index is 11.9. The molecule has 3 heteroatoms. The summed E-state index contributed by atoms with van der Waals surface area (Å²) in [7, 11) is 0. The first-order valence-corrected chi connectivity index (χ1v) is 6.04. The monoisotopic (exact) mass is 229 g/mol. The van der Waals surface area contributed by atoms with Crippen LogP contribution in [0.15, 0.2) is 51.8 Å². The predicted octanol–water partition coefficient (Wildman–Crippen LogP) is 2.06. The largest absolute Gasteiger partial charge is 0.318 e. The lowest BCUT2D eigenvalue weighted by molar-refractivity contribution is -0.116. The molecular formula is C13H11NOS. The molecule has 1 heterocycles. The third-order valence-electron chi connectivity index (χ3n) is 2.91. The van der Waals surface area contributed by atoms with E-state index in [0.29, 0.717) is 0 Å². The number of rotatable bonds is 0. The molecule has 80 valence electrons. The number of Topliss-reactive ketones (excluding diaryl/α,β-unsaturated/α-hetero) is 1. The van der Waals surface area contributed by atoms with Crippen molar-refractivity contribution in [1.82, 2.24) is 0 Å². The van der Waals surface area contributed by atoms with Crippen LogP contribution in [0.5, 0.6) is 0 Å². The van der Waals surface area contributed by atoms with Crippen LogP contribution in [-0.2, 0) is 11.2 Å². The van der Waals surface area contributed by atoms with Gasteiger partial charge in [0.15, 0.2) is 5.78 Å². The van der Waals surface area contributed by atoms with E-state index in [1.807, 2.05) is 18.2 Å². The molecule has 1 aromatic carbocycles. The molecule has 0 radical (unpaired) electrons. The summed E-state index contributed by atoms with van der Waals surface area (Å²) in [4.78, 5) is 14.2. The summed E-state index contributed by atoms with van der Waals surface area (Å²) in [6.45, 7) is 0. The predicted molar refractivity (Wildman–Crippen MR) is 65.2 cm³/mol. The van der Waals surface area contributed by atoms with Gasteiger partial charge in [-0.25, -0.2) is 0 Å². The van der Waals surface area contributed by atoms with E-state index >= 15 is 0 Å². The summed E-state index contributed by atoms with van der Waals surface area (Å²) in [5.74, 6) is 0.0690. The Hall–Kier alpha value is -1.32. The summed E-state index contributed by atoms with van der Waals surface area (Å²) >= 11 is 1.66. The number of fused-ring (bicyclic) bond motifs is 1. The van der Waals surface area contributed by atoms with E-state index in [9.17, 15) is 4.79 Å². The number of benzene rings is 1. The average molecular weight is 229 g/mol. The number of carbonyl (C=O) groups excluding carboxylic acids is 1. The molecule has 0 aromatic heterocycles. The second-order valence-corrected chi connectivity index (χ2v) is 5.06. The molecule has 0 bridgehead atoms. The Morgan fingerprint density at radius 1 is 1.31 bits per heavy atom. The molecule has 1 unspecified atom stereocenters. The van der Waals surface area contributed by atoms with Crippen LogP contribution in [0.25, 0.3) is 0 Å². The number of nitrogens with two attached hydrogens (primary N) is 1. The number of allylic oxidation sites excluding steroid dienone is 1. The van der Waals surface area contributed by atoms with Gasteiger partial charge < -0.3 is 5.73 Å². The molecule has 0 fully saturated rings. The molecule has 2 N–H and O–H groups in total. The molecule has 16 heavy (non-hydrogen) atoms. The molecule has 0 spiro atoms. The van der Waals surface area contributed by atoms with Gasteiger partial charge in [0.05, 0.1) is 6.04 Å². The van der Waals surface area contributed by atoms with E-state index in [4.69, 9.17) is 5.73 Å². The van der Waals surface area contributed by atoms with Crippen LogP contribution >= 0.6 is 11.8 Å². The van der Waals surface area contributed by atoms with Crippen LogP contribution in [0.3, 0.4) is 0 Å². The summed E-state index contributed by atoms with van der Waals surface area (Å²) in [5, 5.41) is 0. The van der Waals surface area contributed by atoms with Gasteiger partial charge in [-0.1, -0.05) is 36.0 Å². The molecule has 1 atom stereocenters. The molecule has 1 aliphatic heterocycles. The summed E-state index contributed by atoms with van der Waals surface area (Å²) < 4.78 is 0. The quantitative estimate of drug-likeness (QED) is 0.740. The van der Waals surface area contributed by atoms with Crippen LogP contribution < -0.4 is 5.73 Å². The smallest absolute Gasteiger partial charge is 0.180 e. The van der Waals surface area contributed by atoms with Crippen LogP contribution in [-0.4, -0.2) is 11.8 Å². The van der Waals surface area contributed by atoms with Gasteiger partial charge in [-0.05, 0) is 17.7 Å². The highest BCUT2D eigenvalue weighted by Crippen LogP contribution is 2.40. The van der Waals surface area contributed by atoms with E-state index in [2.05, 4.69) is 12.1 Å². The third kappa shape index (κ3) is 1.44. The first-order chi connectivity index (χ1) is 7.75. The Labute approximate surface area is 98.2 Å². The van der Waals surface area contributed by atoms with Crippen molar-refractivity contribution in [3.63, 3.8) is 0 Å². The lowest BCUT2D eigenvalue weighted by atomic mass is 9.93. The van der Waals surface area contributed by atoms with E-state index < -0.39 is 6.04 Å². The number of hydrogen-bond acceptors (Lipinski definition) is 3. The van der Waals surface area contributed by atoms with E-state index in [1.165, 1.54) is 10.5 Å². The van der Waals surface area contributed by atoms with Crippen LogP contribution in [0.4, 0.5) is 0 Å². The topological polar surface area (TPSA) is 43.1 Å². The van der Waals surface area contributed by atoms with Crippen molar-refractivity contribution in [2.75, 3.05) is 0 Å². The van der Waals surface area contributed by atoms with Crippen molar-refractivity contribution in [1.29, 1.82) is 0 Å². The Bertz CT molecular complexity index is 530. The van der Waals surface area contributed by atoms with Crippen molar-refractivity contribution >= 4 is 17.5 Å². The Kier molecular flexibility index (Phi) is 2.23. The zero-order valence-electron chi connectivity index (χ0n) is 8.64. The molecule has 2 aliphatic rings. The van der Waals surface area contributed by atoms with Crippen LogP contribution in [0, 0.1) is 0 Å². The van der Waals surface area contributed by atoms with Gasteiger partial charge in [-0.2, -0.15) is 0 Å². The molecule has 3 rings (SSSR count). The first-order valence-electron chi connectivity index (χ1n) is 5.22. The maximum absolute atomic E-state index is 11.9. The van der Waals surface area contributed by atoms with Gasteiger partial charge in [0.2, 0.25) is 0 Å². The zero-order valence-corrected chi connectivity index (χ0v) is 9.46. The SMILES string of the molecule is NC1C=CC2=C(Cc3ccccc3S2)C1=O. The standard InChI is InChI=1S/C13H11NOS/c14-10-5-6-12-9(13(10)15)7-8-3-1-2-4-11(8)16-12/h1-6,10H,7,14H2. The molecule has 2 nitrogen and oxygen atoms in total. The number of thioether (sulfide) groups is 1. The van der Waals surface area contributed by atoms with Gasteiger partial charge in [0.25, 0.3) is 0 Å². The molecular weight excluding hydrogens is 218 g/mol. The minimum absolute atomic E-state index is 0.0690. The molecule has 1 aromatic rings. The van der Waals surface area contributed by atoms with Gasteiger partial charge in [-0.15, -0.1) is 0 Å². The Balaban J connectivity index is 2.06. The maximum Gasteiger partial charge on any atom is 0.180 e. The van der Waals surface area contributed by atoms with Crippen molar-refractivity contribution in [3.05, 3.63) is 52.5 Å². The van der Waals surface area contributed by atoms with Crippen molar-refractivity contribution in [2.24, 2.45) is 5.73 Å². The highest BCUT2D eigenvalue weighted by atomic mass is 32.2. The minimum Gasteiger partial charge on any atom is -0.318 e. The van der Waals surface area contributed by atoms with Gasteiger partial charge in [-0.3, -0.25) is 4.79 Å². The number of hydrogen-bond donors (Lipinski definition) is 1. The number of ketones is 1. The molecule has 0 saturated heterocycles. The molecule has 0 amide bonds. The molecule has 1 aliphatic carbocycles. The lowest BCUT2D eigenvalue weighted by Gasteiger charge is -2.24. The fraction of sp³-hybridized carbons (Fsp3) is 0.154.